The standard InChI is InChI=1S/C32H37N3O4S/c1-21-12-8-10-16-24(21)19-33-30(38)28-32(3,4)40-20-35(28)31(39)27(36)26(18-23-14-6-5-7-15-23)34-29(37)25-17-11-9-13-22(25)2/h5-17,26-28,36H,18-20H2,1-4H3,(H,33,38)(H,34,37)/t26-,27-,28+/m0/s1. The Kier molecular flexibility index (Phi) is 9.32. The highest BCUT2D eigenvalue weighted by atomic mass is 32.2. The number of rotatable bonds is 9. The van der Waals surface area contributed by atoms with Crippen molar-refractivity contribution in [3.63, 3.8) is 0 Å². The Morgan fingerprint density at radius 2 is 1.57 bits per heavy atom. The van der Waals surface area contributed by atoms with Gasteiger partial charge in [0.25, 0.3) is 11.8 Å². The Hall–Kier alpha value is -3.62. The van der Waals surface area contributed by atoms with Crippen LogP contribution in [0.2, 0.25) is 0 Å². The topological polar surface area (TPSA) is 98.7 Å². The third kappa shape index (κ3) is 6.74. The molecule has 3 N–H and O–H groups in total. The summed E-state index contributed by atoms with van der Waals surface area (Å²) in [6.07, 6.45) is -1.30. The number of nitrogens with zero attached hydrogens (tertiary/aromatic N) is 1. The van der Waals surface area contributed by atoms with Gasteiger partial charge < -0.3 is 20.6 Å². The van der Waals surface area contributed by atoms with Gasteiger partial charge in [-0.3, -0.25) is 14.4 Å². The van der Waals surface area contributed by atoms with Gasteiger partial charge in [0, 0.05) is 16.9 Å². The second-order valence-corrected chi connectivity index (χ2v) is 12.4. The predicted octanol–water partition coefficient (Wildman–Crippen LogP) is 4.00. The summed E-state index contributed by atoms with van der Waals surface area (Å²) in [4.78, 5) is 42.0. The Labute approximate surface area is 240 Å². The number of benzene rings is 3. The maximum absolute atomic E-state index is 13.8. The highest BCUT2D eigenvalue weighted by molar-refractivity contribution is 8.00. The zero-order chi connectivity index (χ0) is 28.9. The monoisotopic (exact) mass is 559 g/mol. The SMILES string of the molecule is Cc1ccccc1CNC(=O)[C@H]1N(C(=O)[C@@H](O)[C@H](Cc2ccccc2)NC(=O)c2ccccc2C)CSC1(C)C. The van der Waals surface area contributed by atoms with E-state index in [-0.39, 0.29) is 24.1 Å². The molecular formula is C32H37N3O4S. The summed E-state index contributed by atoms with van der Waals surface area (Å²) in [5.41, 5.74) is 4.21. The van der Waals surface area contributed by atoms with Crippen LogP contribution in [0.3, 0.4) is 0 Å². The van der Waals surface area contributed by atoms with Crippen molar-refractivity contribution in [2.75, 3.05) is 5.88 Å². The molecule has 0 unspecified atom stereocenters. The van der Waals surface area contributed by atoms with Crippen LogP contribution in [0.4, 0.5) is 0 Å². The molecule has 7 nitrogen and oxygen atoms in total. The second-order valence-electron chi connectivity index (χ2n) is 10.8. The number of carbonyl (C=O) groups excluding carboxylic acids is 3. The lowest BCUT2D eigenvalue weighted by Crippen LogP contribution is -2.58. The number of nitrogens with one attached hydrogen (secondary N) is 2. The van der Waals surface area contributed by atoms with Crippen molar-refractivity contribution >= 4 is 29.5 Å². The van der Waals surface area contributed by atoms with E-state index in [4.69, 9.17) is 0 Å². The van der Waals surface area contributed by atoms with E-state index in [1.807, 2.05) is 94.4 Å². The quantitative estimate of drug-likeness (QED) is 0.368. The van der Waals surface area contributed by atoms with Gasteiger partial charge in [-0.25, -0.2) is 0 Å². The van der Waals surface area contributed by atoms with Gasteiger partial charge in [-0.15, -0.1) is 11.8 Å². The molecule has 3 amide bonds. The van der Waals surface area contributed by atoms with E-state index in [0.29, 0.717) is 12.1 Å². The van der Waals surface area contributed by atoms with Crippen molar-refractivity contribution < 1.29 is 19.5 Å². The summed E-state index contributed by atoms with van der Waals surface area (Å²) in [5.74, 6) is -0.966. The molecule has 0 saturated carbocycles. The van der Waals surface area contributed by atoms with Crippen molar-refractivity contribution in [1.82, 2.24) is 15.5 Å². The van der Waals surface area contributed by atoms with Crippen molar-refractivity contribution in [1.29, 1.82) is 0 Å². The maximum Gasteiger partial charge on any atom is 0.254 e. The number of aliphatic hydroxyl groups is 1. The van der Waals surface area contributed by atoms with E-state index in [1.54, 1.807) is 12.1 Å². The third-order valence-electron chi connectivity index (χ3n) is 7.43. The molecule has 1 aliphatic heterocycles. The number of thioether (sulfide) groups is 1. The number of aliphatic hydroxyl groups excluding tert-OH is 1. The fourth-order valence-corrected chi connectivity index (χ4v) is 6.17. The molecule has 1 heterocycles. The van der Waals surface area contributed by atoms with Crippen LogP contribution in [0.15, 0.2) is 78.9 Å². The molecule has 3 aromatic carbocycles. The smallest absolute Gasteiger partial charge is 0.254 e. The number of amides is 3. The molecule has 8 heteroatoms. The summed E-state index contributed by atoms with van der Waals surface area (Å²) in [7, 11) is 0. The maximum atomic E-state index is 13.8. The van der Waals surface area contributed by atoms with Crippen molar-refractivity contribution in [3.8, 4) is 0 Å². The van der Waals surface area contributed by atoms with Gasteiger partial charge in [0.1, 0.15) is 6.04 Å². The van der Waals surface area contributed by atoms with Crippen LogP contribution in [0, 0.1) is 13.8 Å². The van der Waals surface area contributed by atoms with E-state index in [1.165, 1.54) is 16.7 Å². The molecule has 1 fully saturated rings. The lowest BCUT2D eigenvalue weighted by Gasteiger charge is -2.33. The third-order valence-corrected chi connectivity index (χ3v) is 8.80. The molecule has 0 spiro atoms. The number of hydrogen-bond donors (Lipinski definition) is 3. The van der Waals surface area contributed by atoms with Gasteiger partial charge in [-0.2, -0.15) is 0 Å². The first-order valence-electron chi connectivity index (χ1n) is 13.4. The highest BCUT2D eigenvalue weighted by Gasteiger charge is 2.49. The Bertz CT molecular complexity index is 1360. The van der Waals surface area contributed by atoms with E-state index in [2.05, 4.69) is 10.6 Å². The molecule has 3 aromatic rings. The molecule has 40 heavy (non-hydrogen) atoms. The van der Waals surface area contributed by atoms with Gasteiger partial charge >= 0.3 is 0 Å². The Morgan fingerprint density at radius 3 is 2.25 bits per heavy atom. The van der Waals surface area contributed by atoms with Crippen LogP contribution in [-0.2, 0) is 22.6 Å². The summed E-state index contributed by atoms with van der Waals surface area (Å²) in [5, 5.41) is 17.3. The fraction of sp³-hybridized carbons (Fsp3) is 0.344. The van der Waals surface area contributed by atoms with E-state index >= 15 is 0 Å². The molecule has 0 aromatic heterocycles. The number of carbonyl (C=O) groups is 3. The molecule has 210 valence electrons. The van der Waals surface area contributed by atoms with Crippen LogP contribution in [0.5, 0.6) is 0 Å². The zero-order valence-electron chi connectivity index (χ0n) is 23.4. The summed E-state index contributed by atoms with van der Waals surface area (Å²) >= 11 is 1.49. The number of hydrogen-bond acceptors (Lipinski definition) is 5. The molecule has 0 aliphatic carbocycles. The van der Waals surface area contributed by atoms with Gasteiger partial charge in [0.2, 0.25) is 5.91 Å². The highest BCUT2D eigenvalue weighted by Crippen LogP contribution is 2.40. The minimum absolute atomic E-state index is 0.250. The average Bonchev–Trinajstić information content (AvgIpc) is 3.26. The van der Waals surface area contributed by atoms with Crippen LogP contribution >= 0.6 is 11.8 Å². The van der Waals surface area contributed by atoms with Crippen molar-refractivity contribution in [2.45, 2.75) is 63.6 Å². The average molecular weight is 560 g/mol. The van der Waals surface area contributed by atoms with E-state index < -0.39 is 28.8 Å². The molecule has 3 atom stereocenters. The Balaban J connectivity index is 1.55. The molecular weight excluding hydrogens is 522 g/mol. The van der Waals surface area contributed by atoms with Gasteiger partial charge in [-0.05, 0) is 62.4 Å². The first-order chi connectivity index (χ1) is 19.1. The lowest BCUT2D eigenvalue weighted by molar-refractivity contribution is -0.147. The van der Waals surface area contributed by atoms with Crippen molar-refractivity contribution in [2.24, 2.45) is 0 Å². The van der Waals surface area contributed by atoms with Crippen molar-refractivity contribution in [3.05, 3.63) is 107 Å². The molecule has 1 saturated heterocycles. The summed E-state index contributed by atoms with van der Waals surface area (Å²) in [6, 6.07) is 22.7. The number of aryl methyl sites for hydroxylation is 2. The molecule has 0 radical (unpaired) electrons. The molecule has 1 aliphatic rings. The van der Waals surface area contributed by atoms with Gasteiger partial charge in [-0.1, -0.05) is 72.8 Å². The van der Waals surface area contributed by atoms with Gasteiger partial charge in [0.05, 0.1) is 11.9 Å². The molecule has 4 rings (SSSR count). The van der Waals surface area contributed by atoms with E-state index in [0.717, 1.165) is 22.3 Å². The fourth-order valence-electron chi connectivity index (χ4n) is 5.03. The largest absolute Gasteiger partial charge is 0.381 e. The zero-order valence-corrected chi connectivity index (χ0v) is 24.2. The minimum Gasteiger partial charge on any atom is -0.381 e. The first kappa shape index (κ1) is 29.4. The molecule has 0 bridgehead atoms. The van der Waals surface area contributed by atoms with Gasteiger partial charge in [0.15, 0.2) is 6.10 Å². The van der Waals surface area contributed by atoms with Crippen LogP contribution in [0.25, 0.3) is 0 Å². The predicted molar refractivity (Wildman–Crippen MR) is 159 cm³/mol. The second kappa shape index (κ2) is 12.7. The summed E-state index contributed by atoms with van der Waals surface area (Å²) < 4.78 is -0.565. The van der Waals surface area contributed by atoms with Crippen LogP contribution in [-0.4, -0.2) is 56.5 Å². The van der Waals surface area contributed by atoms with Crippen LogP contribution in [0.1, 0.15) is 46.5 Å². The lowest BCUT2D eigenvalue weighted by atomic mass is 9.96. The Morgan fingerprint density at radius 1 is 0.950 bits per heavy atom. The normalized spacial score (nSPS) is 17.6. The summed E-state index contributed by atoms with van der Waals surface area (Å²) in [6.45, 7) is 8.03. The minimum atomic E-state index is -1.55. The van der Waals surface area contributed by atoms with Crippen LogP contribution < -0.4 is 10.6 Å². The first-order valence-corrected chi connectivity index (χ1v) is 14.4. The van der Waals surface area contributed by atoms with E-state index in [9.17, 15) is 19.5 Å².